The number of rotatable bonds is 26. The highest BCUT2D eigenvalue weighted by Crippen LogP contribution is 2.55. The molecule has 130 heavy (non-hydrogen) atoms. The molecule has 18 rings (SSSR count). The second-order valence-corrected chi connectivity index (χ2v) is 43.7. The Hall–Kier alpha value is -8.48. The first-order valence-electron chi connectivity index (χ1n) is 44.4. The number of halogens is 3. The largest absolute Gasteiger partial charge is 0.480 e. The fourth-order valence-corrected chi connectivity index (χ4v) is 19.0. The van der Waals surface area contributed by atoms with E-state index in [1.807, 2.05) is 92.8 Å². The molecule has 0 radical (unpaired) electrons. The highest BCUT2D eigenvalue weighted by molar-refractivity contribution is 9.10. The van der Waals surface area contributed by atoms with E-state index in [-0.39, 0.29) is 47.6 Å². The second kappa shape index (κ2) is 43.2. The van der Waals surface area contributed by atoms with Crippen LogP contribution in [0.4, 0.5) is 0 Å². The van der Waals surface area contributed by atoms with E-state index in [4.69, 9.17) is 56.4 Å². The number of carbonyl (C=O) groups excluding carboxylic acids is 2. The predicted molar refractivity (Wildman–Crippen MR) is 514 cm³/mol. The van der Waals surface area contributed by atoms with Gasteiger partial charge in [0.1, 0.15) is 18.6 Å². The van der Waals surface area contributed by atoms with Crippen LogP contribution in [0.25, 0.3) is 55.6 Å². The number of esters is 2. The van der Waals surface area contributed by atoms with Crippen molar-refractivity contribution < 1.29 is 77.5 Å². The molecule has 8 heterocycles. The van der Waals surface area contributed by atoms with Crippen LogP contribution in [0.2, 0.25) is 10.0 Å². The topological polar surface area (TPSA) is 287 Å². The molecule has 688 valence electrons. The molecule has 4 N–H and O–H groups in total. The number of alkyl halides is 1. The first kappa shape index (κ1) is 99.0. The Kier molecular flexibility index (Phi) is 32.9. The van der Waals surface area contributed by atoms with Crippen LogP contribution in [0.5, 0.6) is 0 Å². The van der Waals surface area contributed by atoms with Crippen molar-refractivity contribution in [3.8, 4) is 55.6 Å². The molecular formula is C103H116BrCl2N5O16S3. The van der Waals surface area contributed by atoms with Gasteiger partial charge in [0.05, 0.1) is 52.3 Å². The van der Waals surface area contributed by atoms with Gasteiger partial charge in [-0.25, -0.2) is 0 Å². The van der Waals surface area contributed by atoms with Crippen molar-refractivity contribution in [2.45, 2.75) is 258 Å². The third kappa shape index (κ3) is 26.1. The van der Waals surface area contributed by atoms with Gasteiger partial charge in [-0.15, -0.1) is 35.3 Å². The molecule has 10 aromatic rings. The summed E-state index contributed by atoms with van der Waals surface area (Å²) < 4.78 is 42.6. The highest BCUT2D eigenvalue weighted by atomic mass is 79.9. The monoisotopic (exact) mass is 1920 g/mol. The minimum atomic E-state index is -0.917. The Bertz CT molecular complexity index is 5480. The fraction of sp³-hybridized carbons (Fsp3) is 0.427. The van der Waals surface area contributed by atoms with Crippen LogP contribution in [0, 0.1) is 0 Å². The number of pyridine rings is 5. The van der Waals surface area contributed by atoms with Crippen molar-refractivity contribution >= 4 is 98.3 Å². The Morgan fingerprint density at radius 1 is 0.362 bits per heavy atom. The van der Waals surface area contributed by atoms with Gasteiger partial charge in [-0.3, -0.25) is 44.1 Å². The van der Waals surface area contributed by atoms with Crippen molar-refractivity contribution in [3.63, 3.8) is 0 Å². The smallest absolute Gasteiger partial charge is 0.322 e. The number of hydrogen-bond donors (Lipinski definition) is 4. The second-order valence-electron chi connectivity index (χ2n) is 35.9. The maximum atomic E-state index is 12.1. The van der Waals surface area contributed by atoms with Gasteiger partial charge < -0.3 is 58.3 Å². The summed E-state index contributed by atoms with van der Waals surface area (Å²) in [6.07, 6.45) is 36.7. The standard InChI is InChI=1S/C24H29NO4S.C23H27NO4S.C19H20ClNO2.C18H19NO3S.C14H12ClNO.C5H9BrO2/c1-23(2,22(26)27-3)30-20-11-14-25-16-19(20)17-7-9-18(10-8-17)24(12-13-24)29-21-6-4-5-15-28-21;1-22(2,21(25)26)29-19-10-13-24-15-18(19)16-6-8-17(9-7-16)23(11-12-23)28-20-5-3-4-14-27-20;20-17-8-11-21-13-16(17)14-4-6-15(7-5-14)19(9-10-19)23-18-3-1-2-12-22-18;1-17(2,16(20)21)23-15-7-10-19-11-14(15)12-3-5-13(6-4-12)18(22)8-9-18;15-13-5-8-16-9-12(13)10-1-3-11(4-2-10)14(17)6-7-14;1-5(2,6)4(7)8-3/h7-11,14,16,21H,4-6,12-13,15H2,1-3H3;6-10,13,15,20H,3-5,11-12,14H2,1-2H3,(H,25,26);4-8,11,13,18H,1-3,9-10,12H2;3-7,10-11,22H,8-9H2,1-2H3,(H,20,21);1-5,8-9,17H,6-7H2;1-3H3. The van der Waals surface area contributed by atoms with Crippen molar-refractivity contribution in [2.24, 2.45) is 0 Å². The van der Waals surface area contributed by atoms with E-state index in [1.54, 1.807) is 103 Å². The summed E-state index contributed by atoms with van der Waals surface area (Å²) in [6, 6.07) is 50.4. The minimum absolute atomic E-state index is 0.0429. The molecule has 3 unspecified atom stereocenters. The van der Waals surface area contributed by atoms with Gasteiger partial charge in [-0.2, -0.15) is 0 Å². The molecule has 3 saturated heterocycles. The third-order valence-corrected chi connectivity index (χ3v) is 28.8. The number of thioether (sulfide) groups is 3. The SMILES string of the molecule is CC(C)(Sc1ccncc1-c1ccc(C2(O)CC2)cc1)C(=O)O.CC(C)(Sc1ccncc1-c1ccc(C2(OC3CCCCO3)CC2)cc1)C(=O)O.COC(=O)C(C)(C)Br.COC(=O)C(C)(C)Sc1ccncc1-c1ccc(C2(OC3CCCCO3)CC2)cc1.Clc1ccncc1-c1ccc(C2(OC3CCCCO3)CC2)cc1.OC1(c2ccc(-c3cnccc3Cl)cc2)CC1. The molecule has 21 nitrogen and oxygen atoms in total. The number of carbonyl (C=O) groups is 4. The van der Waals surface area contributed by atoms with E-state index in [2.05, 4.69) is 118 Å². The van der Waals surface area contributed by atoms with Crippen LogP contribution in [0.3, 0.4) is 0 Å². The number of aliphatic carboxylic acids is 2. The number of ether oxygens (including phenoxy) is 8. The number of methoxy groups -OCH3 is 2. The zero-order valence-corrected chi connectivity index (χ0v) is 80.8. The maximum Gasteiger partial charge on any atom is 0.322 e. The molecule has 3 aliphatic heterocycles. The Morgan fingerprint density at radius 3 is 0.838 bits per heavy atom. The molecule has 0 spiro atoms. The van der Waals surface area contributed by atoms with E-state index in [9.17, 15) is 39.6 Å². The molecule has 3 atom stereocenters. The molecule has 8 aliphatic rings. The van der Waals surface area contributed by atoms with Gasteiger partial charge in [-0.1, -0.05) is 160 Å². The Labute approximate surface area is 793 Å². The van der Waals surface area contributed by atoms with E-state index >= 15 is 0 Å². The van der Waals surface area contributed by atoms with E-state index in [0.717, 1.165) is 215 Å². The van der Waals surface area contributed by atoms with Crippen LogP contribution in [0.1, 0.15) is 205 Å². The zero-order valence-electron chi connectivity index (χ0n) is 75.3. The minimum Gasteiger partial charge on any atom is -0.480 e. The first-order valence-corrected chi connectivity index (χ1v) is 48.4. The van der Waals surface area contributed by atoms with Crippen LogP contribution < -0.4 is 0 Å². The first-order chi connectivity index (χ1) is 62.1. The zero-order chi connectivity index (χ0) is 92.7. The lowest BCUT2D eigenvalue weighted by atomic mass is 10.0. The average molecular weight is 1930 g/mol. The lowest BCUT2D eigenvalue weighted by molar-refractivity contribution is -0.200. The van der Waals surface area contributed by atoms with Gasteiger partial charge in [0.15, 0.2) is 18.9 Å². The van der Waals surface area contributed by atoms with E-state index < -0.39 is 41.7 Å². The van der Waals surface area contributed by atoms with E-state index in [1.165, 1.54) is 79.0 Å². The summed E-state index contributed by atoms with van der Waals surface area (Å²) in [7, 11) is 2.79. The normalized spacial score (nSPS) is 19.2. The Balaban J connectivity index is 0.000000137. The fourth-order valence-electron chi connectivity index (χ4n) is 15.2. The molecule has 8 fully saturated rings. The molecule has 0 amide bonds. The number of benzene rings is 5. The molecule has 5 aromatic heterocycles. The quantitative estimate of drug-likeness (QED) is 0.0223. The highest BCUT2D eigenvalue weighted by Gasteiger charge is 2.51. The van der Waals surface area contributed by atoms with Gasteiger partial charge in [0, 0.05) is 124 Å². The predicted octanol–water partition coefficient (Wildman–Crippen LogP) is 23.9. The van der Waals surface area contributed by atoms with Crippen LogP contribution in [-0.2, 0) is 85.1 Å². The molecule has 27 heteroatoms. The van der Waals surface area contributed by atoms with Crippen molar-refractivity contribution in [1.82, 2.24) is 24.9 Å². The number of carboxylic acid groups (broad SMARTS) is 2. The van der Waals surface area contributed by atoms with Crippen molar-refractivity contribution in [3.05, 3.63) is 251 Å². The molecule has 5 aromatic carbocycles. The number of carboxylic acids is 2. The lowest BCUT2D eigenvalue weighted by Crippen LogP contribution is -2.28. The third-order valence-electron chi connectivity index (χ3n) is 24.0. The van der Waals surface area contributed by atoms with Crippen LogP contribution >= 0.6 is 74.4 Å². The number of hydrogen-bond acceptors (Lipinski definition) is 22. The van der Waals surface area contributed by atoms with Gasteiger partial charge in [0.25, 0.3) is 0 Å². The Morgan fingerprint density at radius 2 is 0.615 bits per heavy atom. The van der Waals surface area contributed by atoms with Crippen molar-refractivity contribution in [2.75, 3.05) is 34.0 Å². The molecular weight excluding hydrogens is 1810 g/mol. The molecule has 5 aliphatic carbocycles. The summed E-state index contributed by atoms with van der Waals surface area (Å²) in [5.74, 6) is -2.18. The summed E-state index contributed by atoms with van der Waals surface area (Å²) in [4.78, 5) is 69.4. The summed E-state index contributed by atoms with van der Waals surface area (Å²) in [6.45, 7) is 16.4. The summed E-state index contributed by atoms with van der Waals surface area (Å²) in [5, 5.41) is 40.3. The van der Waals surface area contributed by atoms with Crippen LogP contribution in [0.15, 0.2) is 228 Å². The van der Waals surface area contributed by atoms with Crippen molar-refractivity contribution in [1.29, 1.82) is 0 Å². The summed E-state index contributed by atoms with van der Waals surface area (Å²) in [5.41, 5.74) is 13.7. The number of aromatic nitrogens is 5. The summed E-state index contributed by atoms with van der Waals surface area (Å²) >= 11 is 19.6. The average Bonchev–Trinajstić information content (AvgIpc) is 1.63. The van der Waals surface area contributed by atoms with Gasteiger partial charge >= 0.3 is 23.9 Å². The van der Waals surface area contributed by atoms with E-state index in [0.29, 0.717) is 5.02 Å². The van der Waals surface area contributed by atoms with Crippen LogP contribution in [-0.4, -0.2) is 141 Å². The molecule has 0 bridgehead atoms. The number of nitrogens with zero attached hydrogens (tertiary/aromatic N) is 5. The van der Waals surface area contributed by atoms with Gasteiger partial charge in [-0.05, 0) is 263 Å². The molecule has 5 saturated carbocycles. The number of aliphatic hydroxyl groups is 2. The van der Waals surface area contributed by atoms with Gasteiger partial charge in [0.2, 0.25) is 0 Å². The lowest BCUT2D eigenvalue weighted by Gasteiger charge is -2.28. The maximum absolute atomic E-state index is 12.1.